The van der Waals surface area contributed by atoms with Crippen LogP contribution >= 0.6 is 0 Å². The van der Waals surface area contributed by atoms with Gasteiger partial charge < -0.3 is 14.2 Å². The number of benzene rings is 1. The lowest BCUT2D eigenvalue weighted by atomic mass is 9.89. The Balaban J connectivity index is 1.81. The second-order valence-electron chi connectivity index (χ2n) is 8.95. The maximum atomic E-state index is 13.2. The van der Waals surface area contributed by atoms with Gasteiger partial charge in [0.05, 0.1) is 13.7 Å². The van der Waals surface area contributed by atoms with Gasteiger partial charge in [0.25, 0.3) is 0 Å². The van der Waals surface area contributed by atoms with Crippen LogP contribution in [0.15, 0.2) is 42.6 Å². The zero-order chi connectivity index (χ0) is 20.1. The highest BCUT2D eigenvalue weighted by Gasteiger charge is 2.33. The molecule has 28 heavy (non-hydrogen) atoms. The Labute approximate surface area is 169 Å². The van der Waals surface area contributed by atoms with E-state index < -0.39 is 0 Å². The van der Waals surface area contributed by atoms with Crippen molar-refractivity contribution in [3.63, 3.8) is 0 Å². The number of nitrogens with zero attached hydrogens (tertiary/aromatic N) is 2. The van der Waals surface area contributed by atoms with E-state index in [0.29, 0.717) is 12.6 Å². The molecular formula is C24H34N2O2. The summed E-state index contributed by atoms with van der Waals surface area (Å²) in [5.41, 5.74) is 2.02. The number of methoxy groups -OCH3 is 1. The second kappa shape index (κ2) is 8.85. The Morgan fingerprint density at radius 2 is 1.89 bits per heavy atom. The van der Waals surface area contributed by atoms with Crippen LogP contribution in [0.25, 0.3) is 0 Å². The molecule has 4 nitrogen and oxygen atoms in total. The van der Waals surface area contributed by atoms with Gasteiger partial charge in [0.2, 0.25) is 5.91 Å². The van der Waals surface area contributed by atoms with E-state index >= 15 is 0 Å². The Morgan fingerprint density at radius 1 is 1.14 bits per heavy atom. The largest absolute Gasteiger partial charge is 0.497 e. The van der Waals surface area contributed by atoms with Crippen LogP contribution in [-0.2, 0) is 17.9 Å². The Morgan fingerprint density at radius 3 is 2.57 bits per heavy atom. The molecule has 2 aromatic rings. The monoisotopic (exact) mass is 382 g/mol. The first-order chi connectivity index (χ1) is 13.4. The summed E-state index contributed by atoms with van der Waals surface area (Å²) in [6.45, 7) is 7.54. The number of amides is 1. The van der Waals surface area contributed by atoms with Crippen molar-refractivity contribution in [2.45, 2.75) is 72.0 Å². The summed E-state index contributed by atoms with van der Waals surface area (Å²) in [5, 5.41) is 0. The van der Waals surface area contributed by atoms with Crippen LogP contribution in [0.5, 0.6) is 5.75 Å². The predicted octanol–water partition coefficient (Wildman–Crippen LogP) is 5.25. The lowest BCUT2D eigenvalue weighted by Crippen LogP contribution is -2.46. The fourth-order valence-electron chi connectivity index (χ4n) is 4.08. The Kier molecular flexibility index (Phi) is 6.48. The second-order valence-corrected chi connectivity index (χ2v) is 8.95. The van der Waals surface area contributed by atoms with Crippen LogP contribution in [0.1, 0.15) is 64.1 Å². The van der Waals surface area contributed by atoms with E-state index in [4.69, 9.17) is 4.74 Å². The van der Waals surface area contributed by atoms with Crippen molar-refractivity contribution in [2.24, 2.45) is 5.41 Å². The van der Waals surface area contributed by atoms with Crippen molar-refractivity contribution in [3.05, 3.63) is 53.9 Å². The summed E-state index contributed by atoms with van der Waals surface area (Å²) < 4.78 is 7.61. The third kappa shape index (κ3) is 4.98. The van der Waals surface area contributed by atoms with Crippen molar-refractivity contribution in [3.8, 4) is 5.75 Å². The molecule has 1 aliphatic rings. The zero-order valence-electron chi connectivity index (χ0n) is 17.8. The molecule has 0 unspecified atom stereocenters. The average Bonchev–Trinajstić information content (AvgIpc) is 3.12. The van der Waals surface area contributed by atoms with Gasteiger partial charge in [-0.25, -0.2) is 0 Å². The van der Waals surface area contributed by atoms with E-state index in [1.807, 2.05) is 32.9 Å². The maximum absolute atomic E-state index is 13.2. The lowest BCUT2D eigenvalue weighted by Gasteiger charge is -2.38. The molecule has 1 amide bonds. The van der Waals surface area contributed by atoms with E-state index in [1.165, 1.54) is 30.5 Å². The van der Waals surface area contributed by atoms with Crippen LogP contribution in [0.3, 0.4) is 0 Å². The number of carbonyl (C=O) groups excluding carboxylic acids is 1. The molecule has 4 heteroatoms. The molecular weight excluding hydrogens is 348 g/mol. The molecule has 0 N–H and O–H groups in total. The van der Waals surface area contributed by atoms with Gasteiger partial charge in [-0.3, -0.25) is 4.79 Å². The van der Waals surface area contributed by atoms with Crippen molar-refractivity contribution in [1.29, 1.82) is 0 Å². The molecule has 0 bridgehead atoms. The van der Waals surface area contributed by atoms with Crippen molar-refractivity contribution in [1.82, 2.24) is 9.47 Å². The molecule has 1 heterocycles. The topological polar surface area (TPSA) is 34.5 Å². The van der Waals surface area contributed by atoms with E-state index in [9.17, 15) is 4.79 Å². The highest BCUT2D eigenvalue weighted by Crippen LogP contribution is 2.29. The van der Waals surface area contributed by atoms with Crippen molar-refractivity contribution >= 4 is 5.91 Å². The smallest absolute Gasteiger partial charge is 0.228 e. The van der Waals surface area contributed by atoms with Crippen LogP contribution in [-0.4, -0.2) is 28.5 Å². The van der Waals surface area contributed by atoms with E-state index in [0.717, 1.165) is 25.1 Å². The Hall–Kier alpha value is -2.23. The van der Waals surface area contributed by atoms with E-state index in [-0.39, 0.29) is 11.3 Å². The fourth-order valence-corrected chi connectivity index (χ4v) is 4.08. The van der Waals surface area contributed by atoms with Crippen LogP contribution in [0.4, 0.5) is 0 Å². The summed E-state index contributed by atoms with van der Waals surface area (Å²) in [5.74, 6) is 1.13. The number of ether oxygens (including phenoxy) is 1. The fraction of sp³-hybridized carbons (Fsp3) is 0.542. The molecule has 1 aromatic heterocycles. The van der Waals surface area contributed by atoms with Crippen LogP contribution in [0, 0.1) is 5.41 Å². The standard InChI is InChI=1S/C24H34N2O2/c1-24(2,3)23(27)26(20-11-6-5-7-12-20)18-21-13-9-15-25(21)17-19-10-8-14-22(16-19)28-4/h8-10,13-16,20H,5-7,11-12,17-18H2,1-4H3. The molecule has 1 aliphatic carbocycles. The first-order valence-electron chi connectivity index (χ1n) is 10.5. The molecule has 1 aromatic carbocycles. The quantitative estimate of drug-likeness (QED) is 0.684. The van der Waals surface area contributed by atoms with Gasteiger partial charge in [-0.2, -0.15) is 0 Å². The summed E-state index contributed by atoms with van der Waals surface area (Å²) in [4.78, 5) is 15.4. The molecule has 1 saturated carbocycles. The third-order valence-electron chi connectivity index (χ3n) is 5.66. The lowest BCUT2D eigenvalue weighted by molar-refractivity contribution is -0.143. The van der Waals surface area contributed by atoms with Gasteiger partial charge in [-0.05, 0) is 42.7 Å². The third-order valence-corrected chi connectivity index (χ3v) is 5.66. The minimum atomic E-state index is -0.359. The van der Waals surface area contributed by atoms with Gasteiger partial charge in [-0.1, -0.05) is 52.2 Å². The maximum Gasteiger partial charge on any atom is 0.228 e. The van der Waals surface area contributed by atoms with Gasteiger partial charge in [0.15, 0.2) is 0 Å². The SMILES string of the molecule is COc1cccc(Cn2cccc2CN(C(=O)C(C)(C)C)C2CCCCC2)c1. The normalized spacial score (nSPS) is 15.4. The van der Waals surface area contributed by atoms with E-state index in [1.54, 1.807) is 7.11 Å². The predicted molar refractivity (Wildman–Crippen MR) is 113 cm³/mol. The first kappa shape index (κ1) is 20.5. The minimum absolute atomic E-state index is 0.258. The number of carbonyl (C=O) groups is 1. The van der Waals surface area contributed by atoms with E-state index in [2.05, 4.69) is 39.9 Å². The summed E-state index contributed by atoms with van der Waals surface area (Å²) in [7, 11) is 1.69. The van der Waals surface area contributed by atoms with Gasteiger partial charge in [0, 0.05) is 29.9 Å². The first-order valence-corrected chi connectivity index (χ1v) is 10.5. The number of hydrogen-bond donors (Lipinski definition) is 0. The molecule has 1 fully saturated rings. The molecule has 0 saturated heterocycles. The highest BCUT2D eigenvalue weighted by atomic mass is 16.5. The zero-order valence-corrected chi connectivity index (χ0v) is 17.8. The number of rotatable bonds is 6. The Bertz CT molecular complexity index is 782. The molecule has 0 atom stereocenters. The van der Waals surface area contributed by atoms with Crippen molar-refractivity contribution < 1.29 is 9.53 Å². The average molecular weight is 383 g/mol. The summed E-state index contributed by atoms with van der Waals surface area (Å²) in [6.07, 6.45) is 8.10. The molecule has 152 valence electrons. The molecule has 0 spiro atoms. The minimum Gasteiger partial charge on any atom is -0.497 e. The summed E-state index contributed by atoms with van der Waals surface area (Å²) in [6, 6.07) is 12.8. The molecule has 0 aliphatic heterocycles. The van der Waals surface area contributed by atoms with Gasteiger partial charge in [0.1, 0.15) is 5.75 Å². The van der Waals surface area contributed by atoms with Gasteiger partial charge in [-0.15, -0.1) is 0 Å². The molecule has 0 radical (unpaired) electrons. The summed E-state index contributed by atoms with van der Waals surface area (Å²) >= 11 is 0. The highest BCUT2D eigenvalue weighted by molar-refractivity contribution is 5.81. The van der Waals surface area contributed by atoms with Crippen LogP contribution < -0.4 is 4.74 Å². The number of aromatic nitrogens is 1. The van der Waals surface area contributed by atoms with Crippen LogP contribution in [0.2, 0.25) is 0 Å². The van der Waals surface area contributed by atoms with Gasteiger partial charge >= 0.3 is 0 Å². The molecule has 3 rings (SSSR count). The number of hydrogen-bond acceptors (Lipinski definition) is 2. The van der Waals surface area contributed by atoms with Crippen molar-refractivity contribution in [2.75, 3.05) is 7.11 Å².